The summed E-state index contributed by atoms with van der Waals surface area (Å²) in [4.78, 5) is 16.6. The summed E-state index contributed by atoms with van der Waals surface area (Å²) in [5.74, 6) is 0.363. The Kier molecular flexibility index (Phi) is 4.34. The Morgan fingerprint density at radius 3 is 2.48 bits per heavy atom. The van der Waals surface area contributed by atoms with E-state index in [2.05, 4.69) is 5.16 Å². The lowest BCUT2D eigenvalue weighted by Gasteiger charge is -1.99. The van der Waals surface area contributed by atoms with Gasteiger partial charge in [0.05, 0.1) is 12.7 Å². The van der Waals surface area contributed by atoms with Crippen LogP contribution in [0.5, 0.6) is 5.75 Å². The van der Waals surface area contributed by atoms with Gasteiger partial charge in [-0.15, -0.1) is 0 Å². The number of carbonyl (C=O) groups excluding carboxylic acids is 1. The highest BCUT2D eigenvalue weighted by Gasteiger charge is 2.25. The minimum atomic E-state index is -0.441. The second-order valence-electron chi connectivity index (χ2n) is 4.90. The highest BCUT2D eigenvalue weighted by molar-refractivity contribution is 6.29. The zero-order valence-corrected chi connectivity index (χ0v) is 12.6. The molecule has 2 aromatic carbocycles. The van der Waals surface area contributed by atoms with Crippen LogP contribution in [-0.4, -0.2) is 18.8 Å². The van der Waals surface area contributed by atoms with Crippen LogP contribution in [0.3, 0.4) is 0 Å². The van der Waals surface area contributed by atoms with Crippen molar-refractivity contribution < 1.29 is 14.4 Å². The van der Waals surface area contributed by atoms with Crippen molar-refractivity contribution in [3.63, 3.8) is 0 Å². The molecule has 2 aromatic rings. The smallest absolute Gasteiger partial charge is 0.368 e. The fraction of sp³-hybridized carbons (Fsp3) is 0.0526. The van der Waals surface area contributed by atoms with Crippen LogP contribution in [0.15, 0.2) is 77.5 Å². The molecule has 0 radical (unpaired) electrons. The van der Waals surface area contributed by atoms with Gasteiger partial charge in [-0.2, -0.15) is 0 Å². The van der Waals surface area contributed by atoms with Crippen LogP contribution in [-0.2, 0) is 9.63 Å². The third-order valence-corrected chi connectivity index (χ3v) is 3.41. The molecule has 3 rings (SSSR count). The van der Waals surface area contributed by atoms with Crippen molar-refractivity contribution in [3.8, 4) is 5.75 Å². The average Bonchev–Trinajstić information content (AvgIpc) is 2.97. The minimum Gasteiger partial charge on any atom is -0.497 e. The Balaban J connectivity index is 1.81. The minimum absolute atomic E-state index is 0.441. The van der Waals surface area contributed by atoms with E-state index in [-0.39, 0.29) is 0 Å². The molecule has 0 bridgehead atoms. The summed E-state index contributed by atoms with van der Waals surface area (Å²) in [7, 11) is 1.63. The third-order valence-electron chi connectivity index (χ3n) is 3.41. The van der Waals surface area contributed by atoms with E-state index in [1.165, 1.54) is 0 Å². The topological polar surface area (TPSA) is 47.9 Å². The van der Waals surface area contributed by atoms with Crippen molar-refractivity contribution in [1.29, 1.82) is 0 Å². The normalized spacial score (nSPS) is 15.8. The fourth-order valence-corrected chi connectivity index (χ4v) is 2.20. The summed E-state index contributed by atoms with van der Waals surface area (Å²) in [5.41, 5.74) is 2.85. The van der Waals surface area contributed by atoms with Crippen LogP contribution in [0, 0.1) is 0 Å². The Labute approximate surface area is 134 Å². The molecule has 0 unspecified atom stereocenters. The lowest BCUT2D eigenvalue weighted by atomic mass is 10.0. The largest absolute Gasteiger partial charge is 0.497 e. The van der Waals surface area contributed by atoms with Crippen LogP contribution in [0.2, 0.25) is 0 Å². The van der Waals surface area contributed by atoms with E-state index in [0.29, 0.717) is 11.3 Å². The Morgan fingerprint density at radius 2 is 1.78 bits per heavy atom. The van der Waals surface area contributed by atoms with Crippen LogP contribution >= 0.6 is 0 Å². The Bertz CT molecular complexity index is 787. The monoisotopic (exact) mass is 305 g/mol. The van der Waals surface area contributed by atoms with Crippen LogP contribution < -0.4 is 4.74 Å². The number of allylic oxidation sites excluding steroid dienone is 2. The zero-order chi connectivity index (χ0) is 16.1. The molecule has 23 heavy (non-hydrogen) atoms. The number of rotatable bonds is 4. The molecule has 1 aliphatic rings. The molecule has 4 heteroatoms. The highest BCUT2D eigenvalue weighted by Crippen LogP contribution is 2.18. The molecule has 0 fully saturated rings. The molecule has 4 nitrogen and oxygen atoms in total. The number of carbonyl (C=O) groups is 1. The molecule has 1 heterocycles. The number of nitrogens with zero attached hydrogens (tertiary/aromatic N) is 1. The number of methoxy groups -OCH3 is 1. The number of benzene rings is 2. The molecule has 0 aromatic heterocycles. The van der Waals surface area contributed by atoms with Gasteiger partial charge in [-0.3, -0.25) is 0 Å². The quantitative estimate of drug-likeness (QED) is 0.640. The van der Waals surface area contributed by atoms with E-state index >= 15 is 0 Å². The van der Waals surface area contributed by atoms with E-state index in [9.17, 15) is 4.79 Å². The summed E-state index contributed by atoms with van der Waals surface area (Å²) in [6, 6.07) is 17.1. The predicted octanol–water partition coefficient (Wildman–Crippen LogP) is 3.60. The van der Waals surface area contributed by atoms with Crippen molar-refractivity contribution in [2.45, 2.75) is 0 Å². The predicted molar refractivity (Wildman–Crippen MR) is 89.2 cm³/mol. The summed E-state index contributed by atoms with van der Waals surface area (Å²) >= 11 is 0. The van der Waals surface area contributed by atoms with Gasteiger partial charge in [0.2, 0.25) is 0 Å². The van der Waals surface area contributed by atoms with Crippen molar-refractivity contribution in [3.05, 3.63) is 83.4 Å². The average molecular weight is 305 g/mol. The molecule has 0 atom stereocenters. The van der Waals surface area contributed by atoms with E-state index in [1.807, 2.05) is 66.7 Å². The molecule has 0 saturated heterocycles. The first-order valence-electron chi connectivity index (χ1n) is 7.15. The van der Waals surface area contributed by atoms with E-state index in [1.54, 1.807) is 13.2 Å². The van der Waals surface area contributed by atoms with Crippen LogP contribution in [0.25, 0.3) is 6.08 Å². The molecule has 0 amide bonds. The summed E-state index contributed by atoms with van der Waals surface area (Å²) in [6.07, 6.45) is 5.42. The van der Waals surface area contributed by atoms with Gasteiger partial charge in [0.1, 0.15) is 11.5 Å². The van der Waals surface area contributed by atoms with Crippen molar-refractivity contribution in [2.24, 2.45) is 5.16 Å². The molecule has 0 aliphatic carbocycles. The van der Waals surface area contributed by atoms with Crippen molar-refractivity contribution in [2.75, 3.05) is 7.11 Å². The van der Waals surface area contributed by atoms with Gasteiger partial charge in [-0.1, -0.05) is 59.8 Å². The van der Waals surface area contributed by atoms with E-state index < -0.39 is 5.97 Å². The molecule has 114 valence electrons. The second-order valence-corrected chi connectivity index (χ2v) is 4.90. The summed E-state index contributed by atoms with van der Waals surface area (Å²) in [5, 5.41) is 3.87. The molecule has 0 saturated carbocycles. The third kappa shape index (κ3) is 3.37. The Morgan fingerprint density at radius 1 is 1.04 bits per heavy atom. The maximum atomic E-state index is 11.8. The maximum Gasteiger partial charge on any atom is 0.368 e. The van der Waals surface area contributed by atoms with E-state index in [0.717, 1.165) is 16.9 Å². The lowest BCUT2D eigenvalue weighted by molar-refractivity contribution is -0.136. The van der Waals surface area contributed by atoms with Gasteiger partial charge in [0, 0.05) is 5.56 Å². The first-order chi connectivity index (χ1) is 11.3. The van der Waals surface area contributed by atoms with Gasteiger partial charge in [0.15, 0.2) is 0 Å². The van der Waals surface area contributed by atoms with Crippen molar-refractivity contribution >= 4 is 17.8 Å². The fourth-order valence-electron chi connectivity index (χ4n) is 2.20. The molecule has 0 spiro atoms. The number of oxime groups is 1. The molecule has 0 N–H and O–H groups in total. The second kappa shape index (κ2) is 6.75. The number of hydrogen-bond acceptors (Lipinski definition) is 4. The SMILES string of the molecule is COc1ccc(/C=C/C=C2/C(=O)ON=C2c2ccccc2)cc1. The van der Waals surface area contributed by atoms with Gasteiger partial charge < -0.3 is 9.57 Å². The molecular weight excluding hydrogens is 290 g/mol. The maximum absolute atomic E-state index is 11.8. The summed E-state index contributed by atoms with van der Waals surface area (Å²) in [6.45, 7) is 0. The van der Waals surface area contributed by atoms with E-state index in [4.69, 9.17) is 9.57 Å². The number of ether oxygens (including phenoxy) is 1. The first-order valence-corrected chi connectivity index (χ1v) is 7.15. The van der Waals surface area contributed by atoms with Gasteiger partial charge in [-0.25, -0.2) is 4.79 Å². The van der Waals surface area contributed by atoms with Gasteiger partial charge in [0.25, 0.3) is 0 Å². The van der Waals surface area contributed by atoms with Gasteiger partial charge >= 0.3 is 5.97 Å². The van der Waals surface area contributed by atoms with Crippen LogP contribution in [0.4, 0.5) is 0 Å². The molecule has 1 aliphatic heterocycles. The summed E-state index contributed by atoms with van der Waals surface area (Å²) < 4.78 is 5.12. The molecular formula is C19H15NO3. The Hall–Kier alpha value is -3.14. The standard InChI is InChI=1S/C19H15NO3/c1-22-16-12-10-14(11-13-16)6-5-9-17-18(20-23-19(17)21)15-7-3-2-4-8-15/h2-13H,1H3/b6-5+,17-9+. The van der Waals surface area contributed by atoms with Crippen LogP contribution in [0.1, 0.15) is 11.1 Å². The van der Waals surface area contributed by atoms with Gasteiger partial charge in [-0.05, 0) is 23.8 Å². The first kappa shape index (κ1) is 14.8. The highest BCUT2D eigenvalue weighted by atomic mass is 16.7. The zero-order valence-electron chi connectivity index (χ0n) is 12.6. The van der Waals surface area contributed by atoms with Crippen molar-refractivity contribution in [1.82, 2.24) is 0 Å². The number of hydrogen-bond donors (Lipinski definition) is 0. The lowest BCUT2D eigenvalue weighted by Crippen LogP contribution is -2.06.